The fourth-order valence-electron chi connectivity index (χ4n) is 1.76. The molecule has 2 rings (SSSR count). The van der Waals surface area contributed by atoms with E-state index >= 15 is 0 Å². The molecule has 0 saturated heterocycles. The van der Waals surface area contributed by atoms with Crippen molar-refractivity contribution >= 4 is 21.7 Å². The summed E-state index contributed by atoms with van der Waals surface area (Å²) in [6.45, 7) is 1.75. The summed E-state index contributed by atoms with van der Waals surface area (Å²) in [7, 11) is 0. The molecule has 0 aliphatic rings. The minimum atomic E-state index is -4.36. The molecule has 7 heteroatoms. The molecule has 0 atom stereocenters. The number of hydrogen-bond acceptors (Lipinski definition) is 3. The first-order chi connectivity index (χ1) is 9.36. The van der Waals surface area contributed by atoms with Gasteiger partial charge in [-0.2, -0.15) is 13.2 Å². The number of nitrogens with zero attached hydrogens (tertiary/aromatic N) is 2. The maximum absolute atomic E-state index is 12.8. The SMILES string of the molecule is Cc1nc(Br)cc(NCc2ccccc2C(F)(F)F)n1. The standard InChI is InChI=1S/C13H11BrF3N3/c1-8-19-11(14)6-12(20-8)18-7-9-4-2-3-5-10(9)13(15,16)17/h2-6H,7H2,1H3,(H,18,19,20). The maximum atomic E-state index is 12.8. The zero-order chi connectivity index (χ0) is 14.8. The van der Waals surface area contributed by atoms with Crippen molar-refractivity contribution in [2.45, 2.75) is 19.6 Å². The lowest BCUT2D eigenvalue weighted by atomic mass is 10.1. The van der Waals surface area contributed by atoms with E-state index in [4.69, 9.17) is 0 Å². The summed E-state index contributed by atoms with van der Waals surface area (Å²) in [4.78, 5) is 8.14. The van der Waals surface area contributed by atoms with Gasteiger partial charge in [0, 0.05) is 12.6 Å². The van der Waals surface area contributed by atoms with Gasteiger partial charge in [0.15, 0.2) is 0 Å². The Labute approximate surface area is 122 Å². The Hall–Kier alpha value is -1.63. The van der Waals surface area contributed by atoms with Crippen LogP contribution in [0.3, 0.4) is 0 Å². The molecular weight excluding hydrogens is 335 g/mol. The van der Waals surface area contributed by atoms with Gasteiger partial charge in [0.25, 0.3) is 0 Å². The van der Waals surface area contributed by atoms with Crippen LogP contribution >= 0.6 is 15.9 Å². The molecule has 0 amide bonds. The van der Waals surface area contributed by atoms with E-state index in [1.165, 1.54) is 12.1 Å². The third-order valence-electron chi connectivity index (χ3n) is 2.59. The van der Waals surface area contributed by atoms with E-state index in [1.54, 1.807) is 19.1 Å². The second-order valence-electron chi connectivity index (χ2n) is 4.13. The Balaban J connectivity index is 2.19. The monoisotopic (exact) mass is 345 g/mol. The molecule has 1 aromatic heterocycles. The quantitative estimate of drug-likeness (QED) is 0.848. The number of alkyl halides is 3. The van der Waals surface area contributed by atoms with Crippen molar-refractivity contribution in [3.8, 4) is 0 Å². The second-order valence-corrected chi connectivity index (χ2v) is 4.94. The van der Waals surface area contributed by atoms with Crippen LogP contribution in [0.5, 0.6) is 0 Å². The summed E-state index contributed by atoms with van der Waals surface area (Å²) < 4.78 is 39.1. The van der Waals surface area contributed by atoms with Gasteiger partial charge >= 0.3 is 6.18 Å². The molecule has 0 radical (unpaired) electrons. The summed E-state index contributed by atoms with van der Waals surface area (Å²) in [6.07, 6.45) is -4.36. The summed E-state index contributed by atoms with van der Waals surface area (Å²) >= 11 is 3.21. The Morgan fingerprint density at radius 2 is 1.90 bits per heavy atom. The average molecular weight is 346 g/mol. The van der Waals surface area contributed by atoms with Crippen molar-refractivity contribution in [3.63, 3.8) is 0 Å². The third-order valence-corrected chi connectivity index (χ3v) is 3.00. The van der Waals surface area contributed by atoms with Crippen LogP contribution in [0.4, 0.5) is 19.0 Å². The molecule has 3 nitrogen and oxygen atoms in total. The van der Waals surface area contributed by atoms with Gasteiger partial charge in [0.05, 0.1) is 5.56 Å². The van der Waals surface area contributed by atoms with E-state index in [0.29, 0.717) is 16.2 Å². The summed E-state index contributed by atoms with van der Waals surface area (Å²) in [6, 6.07) is 7.07. The zero-order valence-corrected chi connectivity index (χ0v) is 12.1. The van der Waals surface area contributed by atoms with Gasteiger partial charge in [-0.15, -0.1) is 0 Å². The first kappa shape index (κ1) is 14.8. The third kappa shape index (κ3) is 3.69. The fraction of sp³-hybridized carbons (Fsp3) is 0.231. The number of aromatic nitrogens is 2. The van der Waals surface area contributed by atoms with E-state index in [9.17, 15) is 13.2 Å². The summed E-state index contributed by atoms with van der Waals surface area (Å²) in [5.74, 6) is 1.01. The van der Waals surface area contributed by atoms with Crippen LogP contribution in [-0.2, 0) is 12.7 Å². The number of nitrogens with one attached hydrogen (secondary N) is 1. The van der Waals surface area contributed by atoms with Gasteiger partial charge in [-0.1, -0.05) is 18.2 Å². The number of hydrogen-bond donors (Lipinski definition) is 1. The molecule has 1 N–H and O–H groups in total. The van der Waals surface area contributed by atoms with Crippen LogP contribution < -0.4 is 5.32 Å². The van der Waals surface area contributed by atoms with E-state index in [1.807, 2.05) is 0 Å². The van der Waals surface area contributed by atoms with Crippen LogP contribution in [0.1, 0.15) is 17.0 Å². The van der Waals surface area contributed by atoms with Crippen molar-refractivity contribution in [2.75, 3.05) is 5.32 Å². The topological polar surface area (TPSA) is 37.8 Å². The maximum Gasteiger partial charge on any atom is 0.416 e. The predicted octanol–water partition coefficient (Wildman–Crippen LogP) is 4.18. The Kier molecular flexibility index (Phi) is 4.27. The summed E-state index contributed by atoms with van der Waals surface area (Å²) in [5.41, 5.74) is -0.468. The molecule has 0 spiro atoms. The Bertz CT molecular complexity index is 594. The highest BCUT2D eigenvalue weighted by molar-refractivity contribution is 9.10. The van der Waals surface area contributed by atoms with Crippen LogP contribution in [0.2, 0.25) is 0 Å². The van der Waals surface area contributed by atoms with Crippen LogP contribution in [0.25, 0.3) is 0 Å². The number of halogens is 4. The Morgan fingerprint density at radius 3 is 2.55 bits per heavy atom. The van der Waals surface area contributed by atoms with Crippen molar-refractivity contribution < 1.29 is 13.2 Å². The van der Waals surface area contributed by atoms with Crippen LogP contribution in [0.15, 0.2) is 34.9 Å². The number of anilines is 1. The molecule has 0 unspecified atom stereocenters. The zero-order valence-electron chi connectivity index (χ0n) is 10.5. The van der Waals surface area contributed by atoms with Crippen LogP contribution in [0, 0.1) is 6.92 Å². The molecule has 1 heterocycles. The Morgan fingerprint density at radius 1 is 1.20 bits per heavy atom. The lowest BCUT2D eigenvalue weighted by Gasteiger charge is -2.13. The molecule has 0 aliphatic carbocycles. The van der Waals surface area contributed by atoms with Gasteiger partial charge in [-0.3, -0.25) is 0 Å². The molecule has 0 saturated carbocycles. The second kappa shape index (κ2) is 5.78. The van der Waals surface area contributed by atoms with Crippen LogP contribution in [-0.4, -0.2) is 9.97 Å². The first-order valence-electron chi connectivity index (χ1n) is 5.76. The van der Waals surface area contributed by atoms with E-state index in [2.05, 4.69) is 31.2 Å². The van der Waals surface area contributed by atoms with E-state index < -0.39 is 11.7 Å². The lowest BCUT2D eigenvalue weighted by molar-refractivity contribution is -0.138. The first-order valence-corrected chi connectivity index (χ1v) is 6.56. The number of aryl methyl sites for hydroxylation is 1. The molecule has 0 bridgehead atoms. The van der Waals surface area contributed by atoms with E-state index in [-0.39, 0.29) is 12.1 Å². The largest absolute Gasteiger partial charge is 0.416 e. The molecular formula is C13H11BrF3N3. The minimum absolute atomic E-state index is 0.0403. The lowest BCUT2D eigenvalue weighted by Crippen LogP contribution is -2.12. The van der Waals surface area contributed by atoms with Crippen molar-refractivity contribution in [2.24, 2.45) is 0 Å². The van der Waals surface area contributed by atoms with Gasteiger partial charge in [-0.05, 0) is 34.5 Å². The number of rotatable bonds is 3. The smallest absolute Gasteiger partial charge is 0.366 e. The normalized spacial score (nSPS) is 11.4. The van der Waals surface area contributed by atoms with Crippen molar-refractivity contribution in [3.05, 3.63) is 51.9 Å². The highest BCUT2D eigenvalue weighted by Gasteiger charge is 2.32. The van der Waals surface area contributed by atoms with Gasteiger partial charge in [0.1, 0.15) is 16.2 Å². The molecule has 0 aliphatic heterocycles. The van der Waals surface area contributed by atoms with Gasteiger partial charge in [-0.25, -0.2) is 9.97 Å². The molecule has 0 fully saturated rings. The van der Waals surface area contributed by atoms with Gasteiger partial charge < -0.3 is 5.32 Å². The van der Waals surface area contributed by atoms with Crippen molar-refractivity contribution in [1.29, 1.82) is 0 Å². The van der Waals surface area contributed by atoms with Crippen molar-refractivity contribution in [1.82, 2.24) is 9.97 Å². The molecule has 1 aromatic carbocycles. The average Bonchev–Trinajstić information content (AvgIpc) is 2.34. The fourth-order valence-corrected chi connectivity index (χ4v) is 2.23. The van der Waals surface area contributed by atoms with Gasteiger partial charge in [0.2, 0.25) is 0 Å². The number of benzene rings is 1. The highest BCUT2D eigenvalue weighted by atomic mass is 79.9. The minimum Gasteiger partial charge on any atom is -0.366 e. The predicted molar refractivity (Wildman–Crippen MR) is 73.2 cm³/mol. The molecule has 106 valence electrons. The highest BCUT2D eigenvalue weighted by Crippen LogP contribution is 2.32. The van der Waals surface area contributed by atoms with E-state index in [0.717, 1.165) is 6.07 Å². The molecule has 20 heavy (non-hydrogen) atoms. The summed E-state index contributed by atoms with van der Waals surface area (Å²) in [5, 5.41) is 2.87. The molecule has 2 aromatic rings.